The Kier molecular flexibility index (Phi) is 5.92. The number of aryl methyl sites for hydroxylation is 1. The van der Waals surface area contributed by atoms with Crippen molar-refractivity contribution in [2.75, 3.05) is 6.61 Å². The Morgan fingerprint density at radius 1 is 1.22 bits per heavy atom. The number of benzene rings is 1. The van der Waals surface area contributed by atoms with Gasteiger partial charge in [-0.25, -0.2) is 0 Å². The van der Waals surface area contributed by atoms with Crippen LogP contribution in [0.3, 0.4) is 0 Å². The van der Waals surface area contributed by atoms with E-state index in [4.69, 9.17) is 4.74 Å². The third-order valence-corrected chi connectivity index (χ3v) is 3.50. The van der Waals surface area contributed by atoms with Gasteiger partial charge < -0.3 is 4.74 Å². The Bertz CT molecular complexity index is 412. The normalized spacial score (nSPS) is 11.9. The average molecular weight is 266 g/mol. The van der Waals surface area contributed by atoms with Crippen molar-refractivity contribution in [1.29, 1.82) is 0 Å². The van der Waals surface area contributed by atoms with Gasteiger partial charge in [0.15, 0.2) is 0 Å². The predicted octanol–water partition coefficient (Wildman–Crippen LogP) is 3.07. The van der Waals surface area contributed by atoms with Gasteiger partial charge in [-0.2, -0.15) is 0 Å². The van der Waals surface area contributed by atoms with Gasteiger partial charge in [-0.1, -0.05) is 43.0 Å². The van der Waals surface area contributed by atoms with Crippen molar-refractivity contribution in [3.05, 3.63) is 35.4 Å². The largest absolute Gasteiger partial charge is 0.465 e. The molecule has 1 atom stereocenters. The number of rotatable bonds is 5. The van der Waals surface area contributed by atoms with Crippen molar-refractivity contribution in [1.82, 2.24) is 0 Å². The zero-order valence-corrected chi connectivity index (χ0v) is 11.8. The summed E-state index contributed by atoms with van der Waals surface area (Å²) in [6.07, 6.45) is 0.945. The first-order valence-corrected chi connectivity index (χ1v) is 6.93. The first-order valence-electron chi connectivity index (χ1n) is 6.05. The number of thioether (sulfide) groups is 1. The first kappa shape index (κ1) is 14.8. The standard InChI is InChI=1S/C14H18O3S/c1-4-11-6-8-12(9-7-11)14(16)18-10(3)13(15)17-5-2/h6-10H,4-5H2,1-3H3. The highest BCUT2D eigenvalue weighted by Crippen LogP contribution is 2.19. The molecule has 4 heteroatoms. The second kappa shape index (κ2) is 7.21. The predicted molar refractivity (Wildman–Crippen MR) is 73.8 cm³/mol. The van der Waals surface area contributed by atoms with Gasteiger partial charge in [-0.3, -0.25) is 9.59 Å². The second-order valence-corrected chi connectivity index (χ2v) is 5.16. The molecule has 1 rings (SSSR count). The van der Waals surface area contributed by atoms with Crippen molar-refractivity contribution in [3.63, 3.8) is 0 Å². The Balaban J connectivity index is 2.61. The van der Waals surface area contributed by atoms with Crippen molar-refractivity contribution in [3.8, 4) is 0 Å². The van der Waals surface area contributed by atoms with Gasteiger partial charge in [0, 0.05) is 5.56 Å². The molecule has 0 aliphatic carbocycles. The Hall–Kier alpha value is -1.29. The summed E-state index contributed by atoms with van der Waals surface area (Å²) in [5, 5.41) is -0.568. The maximum atomic E-state index is 11.9. The Labute approximate surface area is 112 Å². The highest BCUT2D eigenvalue weighted by Gasteiger charge is 2.19. The lowest BCUT2D eigenvalue weighted by Gasteiger charge is -2.09. The fourth-order valence-corrected chi connectivity index (χ4v) is 2.17. The molecule has 3 nitrogen and oxygen atoms in total. The van der Waals surface area contributed by atoms with E-state index in [0.29, 0.717) is 12.2 Å². The lowest BCUT2D eigenvalue weighted by molar-refractivity contribution is -0.142. The zero-order valence-electron chi connectivity index (χ0n) is 10.9. The molecule has 0 saturated carbocycles. The fraction of sp³-hybridized carbons (Fsp3) is 0.429. The van der Waals surface area contributed by atoms with Crippen LogP contribution in [0.25, 0.3) is 0 Å². The molecule has 1 aromatic rings. The molecule has 0 aromatic heterocycles. The first-order chi connectivity index (χ1) is 8.58. The molecular formula is C14H18O3S. The van der Waals surface area contributed by atoms with E-state index < -0.39 is 5.25 Å². The van der Waals surface area contributed by atoms with E-state index in [-0.39, 0.29) is 11.1 Å². The van der Waals surface area contributed by atoms with Crippen molar-refractivity contribution in [2.45, 2.75) is 32.4 Å². The van der Waals surface area contributed by atoms with Crippen molar-refractivity contribution in [2.24, 2.45) is 0 Å². The van der Waals surface area contributed by atoms with Crippen molar-refractivity contribution < 1.29 is 14.3 Å². The quantitative estimate of drug-likeness (QED) is 0.768. The topological polar surface area (TPSA) is 43.4 Å². The van der Waals surface area contributed by atoms with Gasteiger partial charge in [0.05, 0.1) is 6.61 Å². The highest BCUT2D eigenvalue weighted by molar-refractivity contribution is 8.15. The van der Waals surface area contributed by atoms with E-state index in [0.717, 1.165) is 18.2 Å². The van der Waals surface area contributed by atoms with Crippen LogP contribution < -0.4 is 0 Å². The molecular weight excluding hydrogens is 248 g/mol. The monoisotopic (exact) mass is 266 g/mol. The summed E-state index contributed by atoms with van der Waals surface area (Å²) in [5.74, 6) is -0.346. The summed E-state index contributed by atoms with van der Waals surface area (Å²) >= 11 is 1.00. The van der Waals surface area contributed by atoms with Gasteiger partial charge in [0.1, 0.15) is 5.25 Å². The summed E-state index contributed by atoms with van der Waals surface area (Å²) in [4.78, 5) is 23.3. The lowest BCUT2D eigenvalue weighted by atomic mass is 10.1. The minimum Gasteiger partial charge on any atom is -0.465 e. The zero-order chi connectivity index (χ0) is 13.5. The molecule has 0 spiro atoms. The van der Waals surface area contributed by atoms with Crippen LogP contribution in [0.5, 0.6) is 0 Å². The van der Waals surface area contributed by atoms with Gasteiger partial charge in [0.25, 0.3) is 0 Å². The van der Waals surface area contributed by atoms with Crippen molar-refractivity contribution >= 4 is 22.8 Å². The molecule has 0 amide bonds. The van der Waals surface area contributed by atoms with Crippen LogP contribution in [-0.2, 0) is 16.0 Å². The number of hydrogen-bond acceptors (Lipinski definition) is 4. The fourth-order valence-electron chi connectivity index (χ4n) is 1.41. The van der Waals surface area contributed by atoms with E-state index in [2.05, 4.69) is 6.92 Å². The second-order valence-electron chi connectivity index (χ2n) is 3.85. The molecule has 98 valence electrons. The number of carbonyl (C=O) groups excluding carboxylic acids is 2. The Morgan fingerprint density at radius 2 is 1.83 bits per heavy atom. The number of esters is 1. The summed E-state index contributed by atoms with van der Waals surface area (Å²) in [6, 6.07) is 7.46. The van der Waals surface area contributed by atoms with Crippen LogP contribution in [0.1, 0.15) is 36.7 Å². The van der Waals surface area contributed by atoms with Gasteiger partial charge in [-0.15, -0.1) is 0 Å². The van der Waals surface area contributed by atoms with E-state index >= 15 is 0 Å². The van der Waals surface area contributed by atoms with E-state index in [9.17, 15) is 9.59 Å². The molecule has 0 bridgehead atoms. The van der Waals surface area contributed by atoms with Crippen LogP contribution in [0.4, 0.5) is 0 Å². The molecule has 0 aliphatic heterocycles. The van der Waals surface area contributed by atoms with Gasteiger partial charge in [0.2, 0.25) is 5.12 Å². The van der Waals surface area contributed by atoms with Crippen LogP contribution in [0.15, 0.2) is 24.3 Å². The molecule has 18 heavy (non-hydrogen) atoms. The van der Waals surface area contributed by atoms with Crippen LogP contribution in [-0.4, -0.2) is 22.9 Å². The molecule has 1 aromatic carbocycles. The van der Waals surface area contributed by atoms with E-state index in [1.165, 1.54) is 5.56 Å². The third kappa shape index (κ3) is 4.18. The van der Waals surface area contributed by atoms with E-state index in [1.54, 1.807) is 26.0 Å². The third-order valence-electron chi connectivity index (χ3n) is 2.50. The number of hydrogen-bond donors (Lipinski definition) is 0. The van der Waals surface area contributed by atoms with Gasteiger partial charge in [-0.05, 0) is 25.8 Å². The molecule has 0 aliphatic rings. The minimum absolute atomic E-state index is 0.0989. The van der Waals surface area contributed by atoms with E-state index in [1.807, 2.05) is 12.1 Å². The van der Waals surface area contributed by atoms with Gasteiger partial charge >= 0.3 is 5.97 Å². The maximum Gasteiger partial charge on any atom is 0.319 e. The number of ether oxygens (including phenoxy) is 1. The molecule has 0 heterocycles. The van der Waals surface area contributed by atoms with Crippen LogP contribution >= 0.6 is 11.8 Å². The minimum atomic E-state index is -0.469. The number of carbonyl (C=O) groups is 2. The summed E-state index contributed by atoms with van der Waals surface area (Å²) in [6.45, 7) is 5.83. The summed E-state index contributed by atoms with van der Waals surface area (Å²) in [5.41, 5.74) is 1.81. The van der Waals surface area contributed by atoms with Crippen LogP contribution in [0, 0.1) is 0 Å². The maximum absolute atomic E-state index is 11.9. The molecule has 0 N–H and O–H groups in total. The molecule has 0 saturated heterocycles. The summed E-state index contributed by atoms with van der Waals surface area (Å²) < 4.78 is 4.86. The molecule has 0 fully saturated rings. The smallest absolute Gasteiger partial charge is 0.319 e. The highest BCUT2D eigenvalue weighted by atomic mass is 32.2. The Morgan fingerprint density at radius 3 is 2.33 bits per heavy atom. The summed E-state index contributed by atoms with van der Waals surface area (Å²) in [7, 11) is 0. The molecule has 0 radical (unpaired) electrons. The SMILES string of the molecule is CCOC(=O)C(C)SC(=O)c1ccc(CC)cc1. The lowest BCUT2D eigenvalue weighted by Crippen LogP contribution is -2.18. The molecule has 1 unspecified atom stereocenters. The van der Waals surface area contributed by atoms with Crippen LogP contribution in [0.2, 0.25) is 0 Å². The average Bonchev–Trinajstić information content (AvgIpc) is 2.39.